The molecular formula is C17H19F3N2O5S. The highest BCUT2D eigenvalue weighted by molar-refractivity contribution is 7.89. The number of halogens is 3. The van der Waals surface area contributed by atoms with Crippen molar-refractivity contribution in [3.63, 3.8) is 0 Å². The van der Waals surface area contributed by atoms with E-state index in [0.717, 1.165) is 12.1 Å². The third-order valence-electron chi connectivity index (χ3n) is 4.25. The average Bonchev–Trinajstić information content (AvgIpc) is 2.81. The summed E-state index contributed by atoms with van der Waals surface area (Å²) in [5, 5.41) is 3.68. The Morgan fingerprint density at radius 2 is 1.89 bits per heavy atom. The van der Waals surface area contributed by atoms with Gasteiger partial charge in [-0.15, -0.1) is 0 Å². The lowest BCUT2D eigenvalue weighted by Crippen LogP contribution is -2.40. The minimum Gasteiger partial charge on any atom is -0.487 e. The molecule has 0 saturated carbocycles. The lowest BCUT2D eigenvalue weighted by molar-refractivity contribution is -0.137. The van der Waals surface area contributed by atoms with E-state index < -0.39 is 27.9 Å². The first kappa shape index (κ1) is 20.6. The molecule has 1 aromatic carbocycles. The first-order valence-corrected chi connectivity index (χ1v) is 9.87. The number of alkyl halides is 3. The van der Waals surface area contributed by atoms with Gasteiger partial charge in [0.25, 0.3) is 0 Å². The number of rotatable bonds is 4. The van der Waals surface area contributed by atoms with Gasteiger partial charge in [-0.1, -0.05) is 5.16 Å². The van der Waals surface area contributed by atoms with Crippen LogP contribution >= 0.6 is 0 Å². The van der Waals surface area contributed by atoms with Crippen molar-refractivity contribution in [1.29, 1.82) is 0 Å². The van der Waals surface area contributed by atoms with Crippen molar-refractivity contribution in [2.75, 3.05) is 26.3 Å². The second-order valence-corrected chi connectivity index (χ2v) is 8.23. The van der Waals surface area contributed by atoms with Crippen LogP contribution in [0.2, 0.25) is 0 Å². The Bertz CT molecular complexity index is 906. The van der Waals surface area contributed by atoms with Crippen molar-refractivity contribution in [1.82, 2.24) is 9.46 Å². The average molecular weight is 420 g/mol. The molecule has 3 rings (SSSR count). The number of ether oxygens (including phenoxy) is 2. The molecule has 1 aromatic heterocycles. The van der Waals surface area contributed by atoms with Crippen molar-refractivity contribution in [2.24, 2.45) is 0 Å². The van der Waals surface area contributed by atoms with Gasteiger partial charge in [0.15, 0.2) is 5.76 Å². The van der Waals surface area contributed by atoms with E-state index in [2.05, 4.69) is 5.16 Å². The van der Waals surface area contributed by atoms with E-state index >= 15 is 0 Å². The van der Waals surface area contributed by atoms with E-state index in [1.807, 2.05) is 0 Å². The van der Waals surface area contributed by atoms with Gasteiger partial charge >= 0.3 is 6.18 Å². The number of hydrogen-bond acceptors (Lipinski definition) is 6. The monoisotopic (exact) mass is 420 g/mol. The molecule has 0 radical (unpaired) electrons. The SMILES string of the molecule is Cc1noc(C)c1S(=O)(=O)N1CCOCC(Oc2ccc(C(F)(F)F)cc2)C1. The molecule has 1 aliphatic heterocycles. The first-order valence-electron chi connectivity index (χ1n) is 8.43. The lowest BCUT2D eigenvalue weighted by Gasteiger charge is -2.23. The molecule has 1 fully saturated rings. The van der Waals surface area contributed by atoms with Gasteiger partial charge in [-0.3, -0.25) is 0 Å². The van der Waals surface area contributed by atoms with Gasteiger partial charge in [0, 0.05) is 6.54 Å². The van der Waals surface area contributed by atoms with Crippen LogP contribution in [0.1, 0.15) is 17.0 Å². The van der Waals surface area contributed by atoms with Crippen LogP contribution in [0.5, 0.6) is 5.75 Å². The van der Waals surface area contributed by atoms with E-state index in [9.17, 15) is 21.6 Å². The predicted molar refractivity (Wildman–Crippen MR) is 91.4 cm³/mol. The fraction of sp³-hybridized carbons (Fsp3) is 0.471. The molecule has 0 spiro atoms. The highest BCUT2D eigenvalue weighted by Crippen LogP contribution is 2.31. The van der Waals surface area contributed by atoms with Gasteiger partial charge in [0.1, 0.15) is 22.4 Å². The molecule has 154 valence electrons. The Morgan fingerprint density at radius 3 is 2.46 bits per heavy atom. The molecule has 1 aliphatic rings. The zero-order valence-corrected chi connectivity index (χ0v) is 16.0. The van der Waals surface area contributed by atoms with Crippen molar-refractivity contribution in [3.05, 3.63) is 41.3 Å². The Hall–Kier alpha value is -2.11. The highest BCUT2D eigenvalue weighted by atomic mass is 32.2. The molecular weight excluding hydrogens is 401 g/mol. The van der Waals surface area contributed by atoms with Crippen LogP contribution in [0, 0.1) is 13.8 Å². The molecule has 0 N–H and O–H groups in total. The first-order chi connectivity index (χ1) is 13.1. The largest absolute Gasteiger partial charge is 0.487 e. The smallest absolute Gasteiger partial charge is 0.416 e. The van der Waals surface area contributed by atoms with Gasteiger partial charge in [0.2, 0.25) is 10.0 Å². The van der Waals surface area contributed by atoms with Crippen LogP contribution in [0.3, 0.4) is 0 Å². The zero-order valence-electron chi connectivity index (χ0n) is 15.2. The second kappa shape index (κ2) is 7.72. The van der Waals surface area contributed by atoms with E-state index in [-0.39, 0.29) is 48.4 Å². The normalized spacial score (nSPS) is 19.4. The minimum absolute atomic E-state index is 0.00248. The van der Waals surface area contributed by atoms with Crippen LogP contribution in [0.25, 0.3) is 0 Å². The van der Waals surface area contributed by atoms with E-state index in [1.165, 1.54) is 30.3 Å². The van der Waals surface area contributed by atoms with Gasteiger partial charge < -0.3 is 14.0 Å². The predicted octanol–water partition coefficient (Wildman–Crippen LogP) is 2.78. The summed E-state index contributed by atoms with van der Waals surface area (Å²) in [6.45, 7) is 3.40. The molecule has 1 unspecified atom stereocenters. The van der Waals surface area contributed by atoms with Gasteiger partial charge in [-0.05, 0) is 38.1 Å². The molecule has 28 heavy (non-hydrogen) atoms. The molecule has 1 saturated heterocycles. The molecule has 1 atom stereocenters. The van der Waals surface area contributed by atoms with Crippen LogP contribution in [0.4, 0.5) is 13.2 Å². The summed E-state index contributed by atoms with van der Waals surface area (Å²) in [5.41, 5.74) is -0.539. The molecule has 7 nitrogen and oxygen atoms in total. The Balaban J connectivity index is 1.77. The number of hydrogen-bond donors (Lipinski definition) is 0. The van der Waals surface area contributed by atoms with Gasteiger partial charge in [-0.2, -0.15) is 17.5 Å². The van der Waals surface area contributed by atoms with Crippen molar-refractivity contribution in [2.45, 2.75) is 31.0 Å². The number of aromatic nitrogens is 1. The molecule has 0 amide bonds. The second-order valence-electron chi connectivity index (χ2n) is 6.35. The molecule has 0 aliphatic carbocycles. The number of benzene rings is 1. The highest BCUT2D eigenvalue weighted by Gasteiger charge is 2.35. The van der Waals surface area contributed by atoms with Crippen LogP contribution in [-0.4, -0.2) is 50.3 Å². The summed E-state index contributed by atoms with van der Waals surface area (Å²) < 4.78 is 81.2. The molecule has 2 aromatic rings. The van der Waals surface area contributed by atoms with Crippen LogP contribution < -0.4 is 4.74 Å². The number of aryl methyl sites for hydroxylation is 2. The quantitative estimate of drug-likeness (QED) is 0.757. The molecule has 2 heterocycles. The summed E-state index contributed by atoms with van der Waals surface area (Å²) in [7, 11) is -3.89. The molecule has 0 bridgehead atoms. The Morgan fingerprint density at radius 1 is 1.21 bits per heavy atom. The van der Waals surface area contributed by atoms with Gasteiger partial charge in [-0.25, -0.2) is 8.42 Å². The zero-order chi connectivity index (χ0) is 20.5. The van der Waals surface area contributed by atoms with E-state index in [4.69, 9.17) is 14.0 Å². The van der Waals surface area contributed by atoms with Crippen molar-refractivity contribution >= 4 is 10.0 Å². The summed E-state index contributed by atoms with van der Waals surface area (Å²) in [6, 6.07) is 4.21. The third kappa shape index (κ3) is 4.31. The number of nitrogens with zero attached hydrogens (tertiary/aromatic N) is 2. The van der Waals surface area contributed by atoms with E-state index in [0.29, 0.717) is 0 Å². The summed E-state index contributed by atoms with van der Waals surface area (Å²) >= 11 is 0. The lowest BCUT2D eigenvalue weighted by atomic mass is 10.2. The van der Waals surface area contributed by atoms with Crippen molar-refractivity contribution < 1.29 is 35.6 Å². The van der Waals surface area contributed by atoms with Crippen LogP contribution in [-0.2, 0) is 20.9 Å². The Kier molecular flexibility index (Phi) is 5.69. The number of sulfonamides is 1. The maximum absolute atomic E-state index is 13.0. The summed E-state index contributed by atoms with van der Waals surface area (Å²) in [4.78, 5) is 0.00248. The van der Waals surface area contributed by atoms with Crippen LogP contribution in [0.15, 0.2) is 33.7 Å². The fourth-order valence-electron chi connectivity index (χ4n) is 2.93. The third-order valence-corrected chi connectivity index (χ3v) is 6.36. The standard InChI is InChI=1S/C17H19F3N2O5S/c1-11-16(12(2)27-21-11)28(23,24)22-7-8-25-10-15(9-22)26-14-5-3-13(4-6-14)17(18,19)20/h3-6,15H,7-10H2,1-2H3. The minimum atomic E-state index is -4.44. The fourth-order valence-corrected chi connectivity index (χ4v) is 4.68. The topological polar surface area (TPSA) is 81.9 Å². The summed E-state index contributed by atoms with van der Waals surface area (Å²) in [5.74, 6) is 0.376. The van der Waals surface area contributed by atoms with Gasteiger partial charge in [0.05, 0.1) is 25.3 Å². The maximum atomic E-state index is 13.0. The molecule has 11 heteroatoms. The summed E-state index contributed by atoms with van der Waals surface area (Å²) in [6.07, 6.45) is -5.13. The maximum Gasteiger partial charge on any atom is 0.416 e. The Labute approximate surface area is 160 Å². The van der Waals surface area contributed by atoms with Crippen molar-refractivity contribution in [3.8, 4) is 5.75 Å². The van der Waals surface area contributed by atoms with E-state index in [1.54, 1.807) is 0 Å².